The molecule has 5 nitrogen and oxygen atoms in total. The lowest BCUT2D eigenvalue weighted by Crippen LogP contribution is -2.46. The second-order valence-corrected chi connectivity index (χ2v) is 4.16. The van der Waals surface area contributed by atoms with Crippen LogP contribution in [0, 0.1) is 5.92 Å². The van der Waals surface area contributed by atoms with E-state index in [1.165, 1.54) is 6.42 Å². The Labute approximate surface area is 96.1 Å². The zero-order chi connectivity index (χ0) is 12.0. The third kappa shape index (κ3) is 4.08. The minimum Gasteiger partial charge on any atom is -0.465 e. The average Bonchev–Trinajstić information content (AvgIpc) is 2.26. The van der Waals surface area contributed by atoms with E-state index in [2.05, 4.69) is 12.2 Å². The Balaban J connectivity index is 2.26. The molecule has 0 aromatic carbocycles. The monoisotopic (exact) mass is 228 g/mol. The summed E-state index contributed by atoms with van der Waals surface area (Å²) in [5, 5.41) is 2.57. The van der Waals surface area contributed by atoms with Crippen molar-refractivity contribution in [3.63, 3.8) is 0 Å². The molecule has 92 valence electrons. The number of hydrogen-bond donors (Lipinski definition) is 1. The molecule has 0 aliphatic carbocycles. The van der Waals surface area contributed by atoms with Gasteiger partial charge in [0.05, 0.1) is 6.61 Å². The van der Waals surface area contributed by atoms with Crippen LogP contribution in [0.2, 0.25) is 0 Å². The Kier molecular flexibility index (Phi) is 5.08. The normalized spacial score (nSPS) is 20.4. The quantitative estimate of drug-likeness (QED) is 0.733. The third-order valence-electron chi connectivity index (χ3n) is 2.63. The molecule has 0 spiro atoms. The smallest absolute Gasteiger partial charge is 0.325 e. The first-order valence-electron chi connectivity index (χ1n) is 5.82. The van der Waals surface area contributed by atoms with E-state index in [4.69, 9.17) is 4.74 Å². The predicted octanol–water partition coefficient (Wildman–Crippen LogP) is 0.991. The highest BCUT2D eigenvalue weighted by atomic mass is 16.5. The van der Waals surface area contributed by atoms with Crippen LogP contribution < -0.4 is 5.32 Å². The Morgan fingerprint density at radius 3 is 2.88 bits per heavy atom. The molecule has 1 rings (SSSR count). The van der Waals surface area contributed by atoms with Gasteiger partial charge < -0.3 is 15.0 Å². The highest BCUT2D eigenvalue weighted by Crippen LogP contribution is 2.14. The topological polar surface area (TPSA) is 58.6 Å². The Bertz CT molecular complexity index is 256. The van der Waals surface area contributed by atoms with Gasteiger partial charge in [0.25, 0.3) is 0 Å². The molecule has 16 heavy (non-hydrogen) atoms. The summed E-state index contributed by atoms with van der Waals surface area (Å²) < 4.78 is 4.73. The lowest BCUT2D eigenvalue weighted by Gasteiger charge is -2.30. The van der Waals surface area contributed by atoms with Crippen molar-refractivity contribution < 1.29 is 14.3 Å². The number of piperidine rings is 1. The van der Waals surface area contributed by atoms with Crippen molar-refractivity contribution in [1.82, 2.24) is 10.2 Å². The number of rotatable bonds is 3. The summed E-state index contributed by atoms with van der Waals surface area (Å²) in [5.41, 5.74) is 0. The standard InChI is InChI=1S/C11H20N2O3/c1-3-16-10(14)7-12-11(15)13-6-4-5-9(2)8-13/h9H,3-8H2,1-2H3,(H,12,15)/t9-/m1/s1. The van der Waals surface area contributed by atoms with E-state index in [-0.39, 0.29) is 18.5 Å². The first-order valence-corrected chi connectivity index (χ1v) is 5.82. The van der Waals surface area contributed by atoms with Gasteiger partial charge in [-0.2, -0.15) is 0 Å². The minimum absolute atomic E-state index is 0.0441. The van der Waals surface area contributed by atoms with E-state index in [1.807, 2.05) is 0 Å². The summed E-state index contributed by atoms with van der Waals surface area (Å²) in [6, 6.07) is -0.167. The van der Waals surface area contributed by atoms with E-state index >= 15 is 0 Å². The molecule has 0 aromatic rings. The van der Waals surface area contributed by atoms with Crippen LogP contribution in [0.15, 0.2) is 0 Å². The SMILES string of the molecule is CCOC(=O)CNC(=O)N1CCC[C@@H](C)C1. The van der Waals surface area contributed by atoms with Gasteiger partial charge in [0.1, 0.15) is 6.54 Å². The fourth-order valence-electron chi connectivity index (χ4n) is 1.85. The van der Waals surface area contributed by atoms with Crippen LogP contribution in [0.1, 0.15) is 26.7 Å². The summed E-state index contributed by atoms with van der Waals surface area (Å²) >= 11 is 0. The molecule has 1 aliphatic rings. The molecule has 1 heterocycles. The molecule has 1 N–H and O–H groups in total. The van der Waals surface area contributed by atoms with Gasteiger partial charge in [0.2, 0.25) is 0 Å². The molecule has 1 atom stereocenters. The number of urea groups is 1. The maximum atomic E-state index is 11.7. The zero-order valence-corrected chi connectivity index (χ0v) is 9.99. The molecule has 1 aliphatic heterocycles. The van der Waals surface area contributed by atoms with Gasteiger partial charge in [-0.1, -0.05) is 6.92 Å². The van der Waals surface area contributed by atoms with Crippen molar-refractivity contribution in [2.24, 2.45) is 5.92 Å². The lowest BCUT2D eigenvalue weighted by atomic mass is 10.0. The molecular formula is C11H20N2O3. The van der Waals surface area contributed by atoms with Crippen molar-refractivity contribution in [3.8, 4) is 0 Å². The molecule has 0 saturated carbocycles. The molecule has 1 saturated heterocycles. The molecule has 0 bridgehead atoms. The molecule has 5 heteroatoms. The van der Waals surface area contributed by atoms with Gasteiger partial charge in [-0.3, -0.25) is 4.79 Å². The van der Waals surface area contributed by atoms with E-state index < -0.39 is 0 Å². The molecule has 1 fully saturated rings. The van der Waals surface area contributed by atoms with Crippen molar-refractivity contribution >= 4 is 12.0 Å². The highest BCUT2D eigenvalue weighted by molar-refractivity contribution is 5.80. The average molecular weight is 228 g/mol. The van der Waals surface area contributed by atoms with E-state index in [1.54, 1.807) is 11.8 Å². The number of amides is 2. The van der Waals surface area contributed by atoms with Crippen LogP contribution in [-0.2, 0) is 9.53 Å². The van der Waals surface area contributed by atoms with Crippen molar-refractivity contribution in [3.05, 3.63) is 0 Å². The fraction of sp³-hybridized carbons (Fsp3) is 0.818. The first kappa shape index (κ1) is 12.8. The maximum Gasteiger partial charge on any atom is 0.325 e. The highest BCUT2D eigenvalue weighted by Gasteiger charge is 2.20. The van der Waals surface area contributed by atoms with Gasteiger partial charge in [0, 0.05) is 13.1 Å². The van der Waals surface area contributed by atoms with E-state index in [0.717, 1.165) is 19.5 Å². The van der Waals surface area contributed by atoms with Crippen LogP contribution in [0.4, 0.5) is 4.79 Å². The number of ether oxygens (including phenoxy) is 1. The number of esters is 1. The largest absolute Gasteiger partial charge is 0.465 e. The predicted molar refractivity (Wildman–Crippen MR) is 60.0 cm³/mol. The van der Waals surface area contributed by atoms with Crippen molar-refractivity contribution in [1.29, 1.82) is 0 Å². The summed E-state index contributed by atoms with van der Waals surface area (Å²) in [6.45, 7) is 5.72. The Morgan fingerprint density at radius 1 is 1.50 bits per heavy atom. The molecule has 0 radical (unpaired) electrons. The van der Waals surface area contributed by atoms with Crippen LogP contribution in [0.3, 0.4) is 0 Å². The van der Waals surface area contributed by atoms with Crippen molar-refractivity contribution in [2.45, 2.75) is 26.7 Å². The third-order valence-corrected chi connectivity index (χ3v) is 2.63. The van der Waals surface area contributed by atoms with Gasteiger partial charge in [-0.15, -0.1) is 0 Å². The molecular weight excluding hydrogens is 208 g/mol. The van der Waals surface area contributed by atoms with Crippen LogP contribution in [0.25, 0.3) is 0 Å². The van der Waals surface area contributed by atoms with Crippen molar-refractivity contribution in [2.75, 3.05) is 26.2 Å². The molecule has 0 unspecified atom stereocenters. The van der Waals surface area contributed by atoms with E-state index in [9.17, 15) is 9.59 Å². The maximum absolute atomic E-state index is 11.7. The Morgan fingerprint density at radius 2 is 2.25 bits per heavy atom. The number of likely N-dealkylation sites (tertiary alicyclic amines) is 1. The molecule has 0 aromatic heterocycles. The van der Waals surface area contributed by atoms with E-state index in [0.29, 0.717) is 12.5 Å². The number of nitrogens with one attached hydrogen (secondary N) is 1. The zero-order valence-electron chi connectivity index (χ0n) is 9.99. The second-order valence-electron chi connectivity index (χ2n) is 4.16. The van der Waals surface area contributed by atoms with Gasteiger partial charge in [0.15, 0.2) is 0 Å². The molecule has 2 amide bonds. The number of nitrogens with zero attached hydrogens (tertiary/aromatic N) is 1. The number of carbonyl (C=O) groups excluding carboxylic acids is 2. The van der Waals surface area contributed by atoms with Gasteiger partial charge in [-0.25, -0.2) is 4.79 Å². The number of hydrogen-bond acceptors (Lipinski definition) is 3. The summed E-state index contributed by atoms with van der Waals surface area (Å²) in [4.78, 5) is 24.5. The van der Waals surface area contributed by atoms with Crippen LogP contribution in [0.5, 0.6) is 0 Å². The first-order chi connectivity index (χ1) is 7.63. The van der Waals surface area contributed by atoms with Crippen LogP contribution in [-0.4, -0.2) is 43.1 Å². The summed E-state index contributed by atoms with van der Waals surface area (Å²) in [6.07, 6.45) is 2.20. The van der Waals surface area contributed by atoms with Crippen LogP contribution >= 0.6 is 0 Å². The summed E-state index contributed by atoms with van der Waals surface area (Å²) in [5.74, 6) is 0.156. The fourth-order valence-corrected chi connectivity index (χ4v) is 1.85. The minimum atomic E-state index is -0.388. The second kappa shape index (κ2) is 6.35. The Hall–Kier alpha value is -1.26. The van der Waals surface area contributed by atoms with Gasteiger partial charge >= 0.3 is 12.0 Å². The lowest BCUT2D eigenvalue weighted by molar-refractivity contribution is -0.141. The van der Waals surface area contributed by atoms with Gasteiger partial charge in [-0.05, 0) is 25.7 Å². The summed E-state index contributed by atoms with van der Waals surface area (Å²) in [7, 11) is 0. The number of carbonyl (C=O) groups is 2.